The third kappa shape index (κ3) is 6.03. The van der Waals surface area contributed by atoms with Crippen molar-refractivity contribution in [2.45, 2.75) is 13.1 Å². The van der Waals surface area contributed by atoms with E-state index in [-0.39, 0.29) is 5.91 Å². The maximum atomic E-state index is 12.2. The summed E-state index contributed by atoms with van der Waals surface area (Å²) in [7, 11) is 5.84. The summed E-state index contributed by atoms with van der Waals surface area (Å²) in [4.78, 5) is 13.5. The van der Waals surface area contributed by atoms with Gasteiger partial charge in [0.05, 0.1) is 21.2 Å². The molecule has 2 aromatic carbocycles. The SMILES string of the molecule is COc1ccc(Br)cc1/C=C/C(=O)NCc1ccccc1C[NH+](C)C. The third-order valence-corrected chi connectivity index (χ3v) is 4.21. The Balaban J connectivity index is 2.01. The smallest absolute Gasteiger partial charge is 0.244 e. The summed E-state index contributed by atoms with van der Waals surface area (Å²) in [5.41, 5.74) is 3.24. The Kier molecular flexibility index (Phi) is 7.22. The molecule has 2 N–H and O–H groups in total. The molecule has 0 fully saturated rings. The van der Waals surface area contributed by atoms with Gasteiger partial charge >= 0.3 is 0 Å². The van der Waals surface area contributed by atoms with E-state index >= 15 is 0 Å². The van der Waals surface area contributed by atoms with Crippen molar-refractivity contribution in [3.05, 3.63) is 69.7 Å². The molecule has 0 spiro atoms. The van der Waals surface area contributed by atoms with Gasteiger partial charge in [-0.25, -0.2) is 0 Å². The Labute approximate surface area is 157 Å². The molecule has 2 aromatic rings. The van der Waals surface area contributed by atoms with Crippen molar-refractivity contribution in [2.24, 2.45) is 0 Å². The molecule has 0 aliphatic carbocycles. The molecule has 4 nitrogen and oxygen atoms in total. The van der Waals surface area contributed by atoms with Gasteiger partial charge in [-0.05, 0) is 29.8 Å². The number of carbonyl (C=O) groups is 1. The van der Waals surface area contributed by atoms with Gasteiger partial charge in [0.15, 0.2) is 0 Å². The lowest BCUT2D eigenvalue weighted by molar-refractivity contribution is -0.872. The fraction of sp³-hybridized carbons (Fsp3) is 0.250. The number of carbonyl (C=O) groups excluding carboxylic acids is 1. The molecular weight excluding hydrogens is 380 g/mol. The fourth-order valence-corrected chi connectivity index (χ4v) is 2.90. The number of methoxy groups -OCH3 is 1. The van der Waals surface area contributed by atoms with Gasteiger partial charge in [-0.2, -0.15) is 0 Å². The molecule has 2 rings (SSSR count). The Hall–Kier alpha value is -2.11. The van der Waals surface area contributed by atoms with E-state index in [4.69, 9.17) is 4.74 Å². The first-order valence-electron chi connectivity index (χ1n) is 8.15. The van der Waals surface area contributed by atoms with Crippen LogP contribution < -0.4 is 15.0 Å². The van der Waals surface area contributed by atoms with Crippen molar-refractivity contribution in [3.8, 4) is 5.75 Å². The highest BCUT2D eigenvalue weighted by molar-refractivity contribution is 9.10. The van der Waals surface area contributed by atoms with Gasteiger partial charge in [0, 0.05) is 28.2 Å². The molecule has 0 radical (unpaired) electrons. The Morgan fingerprint density at radius 3 is 2.60 bits per heavy atom. The topological polar surface area (TPSA) is 42.8 Å². The molecule has 0 heterocycles. The molecule has 0 saturated carbocycles. The summed E-state index contributed by atoms with van der Waals surface area (Å²) in [6.45, 7) is 1.44. The summed E-state index contributed by atoms with van der Waals surface area (Å²) in [6, 6.07) is 13.9. The number of hydrogen-bond donors (Lipinski definition) is 2. The van der Waals surface area contributed by atoms with Gasteiger partial charge in [-0.1, -0.05) is 40.2 Å². The van der Waals surface area contributed by atoms with Crippen LogP contribution in [0.1, 0.15) is 16.7 Å². The minimum atomic E-state index is -0.131. The average Bonchev–Trinajstić information content (AvgIpc) is 2.59. The number of nitrogens with one attached hydrogen (secondary N) is 2. The van der Waals surface area contributed by atoms with E-state index in [0.29, 0.717) is 6.54 Å². The van der Waals surface area contributed by atoms with Gasteiger partial charge < -0.3 is 15.0 Å². The van der Waals surface area contributed by atoms with Crippen LogP contribution in [0.2, 0.25) is 0 Å². The zero-order valence-electron chi connectivity index (χ0n) is 14.8. The van der Waals surface area contributed by atoms with Crippen molar-refractivity contribution in [1.29, 1.82) is 0 Å². The van der Waals surface area contributed by atoms with Crippen molar-refractivity contribution >= 4 is 27.9 Å². The van der Waals surface area contributed by atoms with Crippen LogP contribution in [0, 0.1) is 0 Å². The first-order chi connectivity index (χ1) is 12.0. The van der Waals surface area contributed by atoms with E-state index < -0.39 is 0 Å². The molecule has 132 valence electrons. The molecule has 25 heavy (non-hydrogen) atoms. The number of hydrogen-bond acceptors (Lipinski definition) is 2. The van der Waals surface area contributed by atoms with Crippen molar-refractivity contribution < 1.29 is 14.4 Å². The average molecular weight is 404 g/mol. The molecule has 0 aliphatic heterocycles. The second kappa shape index (κ2) is 9.39. The predicted molar refractivity (Wildman–Crippen MR) is 105 cm³/mol. The molecule has 0 aromatic heterocycles. The highest BCUT2D eigenvalue weighted by Crippen LogP contribution is 2.24. The normalized spacial score (nSPS) is 11.1. The minimum absolute atomic E-state index is 0.131. The quantitative estimate of drug-likeness (QED) is 0.697. The first-order valence-corrected chi connectivity index (χ1v) is 8.94. The molecule has 5 heteroatoms. The molecule has 0 atom stereocenters. The van der Waals surface area contributed by atoms with Gasteiger partial charge in [-0.3, -0.25) is 4.79 Å². The second-order valence-electron chi connectivity index (χ2n) is 6.09. The van der Waals surface area contributed by atoms with Crippen LogP contribution in [0.25, 0.3) is 6.08 Å². The molecule has 1 amide bonds. The number of quaternary nitrogens is 1. The summed E-state index contributed by atoms with van der Waals surface area (Å²) in [5, 5.41) is 2.95. The summed E-state index contributed by atoms with van der Waals surface area (Å²) < 4.78 is 6.25. The van der Waals surface area contributed by atoms with E-state index in [1.807, 2.05) is 30.3 Å². The summed E-state index contributed by atoms with van der Waals surface area (Å²) in [6.07, 6.45) is 3.29. The van der Waals surface area contributed by atoms with Gasteiger partial charge in [0.2, 0.25) is 5.91 Å². The number of amides is 1. The lowest BCUT2D eigenvalue weighted by atomic mass is 10.1. The molecule has 0 saturated heterocycles. The van der Waals surface area contributed by atoms with Crippen LogP contribution in [0.3, 0.4) is 0 Å². The zero-order chi connectivity index (χ0) is 18.2. The lowest BCUT2D eigenvalue weighted by Crippen LogP contribution is -3.04. The van der Waals surface area contributed by atoms with Gasteiger partial charge in [0.25, 0.3) is 0 Å². The molecule has 0 unspecified atom stereocenters. The highest BCUT2D eigenvalue weighted by atomic mass is 79.9. The molecule has 0 bridgehead atoms. The van der Waals surface area contributed by atoms with Crippen LogP contribution in [0.4, 0.5) is 0 Å². The highest BCUT2D eigenvalue weighted by Gasteiger charge is 2.06. The summed E-state index contributed by atoms with van der Waals surface area (Å²) in [5.74, 6) is 0.598. The first kappa shape index (κ1) is 19.2. The van der Waals surface area contributed by atoms with Crippen LogP contribution in [0.15, 0.2) is 53.0 Å². The van der Waals surface area contributed by atoms with Crippen molar-refractivity contribution in [3.63, 3.8) is 0 Å². The fourth-order valence-electron chi connectivity index (χ4n) is 2.53. The summed E-state index contributed by atoms with van der Waals surface area (Å²) >= 11 is 3.43. The van der Waals surface area contributed by atoms with Crippen molar-refractivity contribution in [1.82, 2.24) is 5.32 Å². The van der Waals surface area contributed by atoms with E-state index in [2.05, 4.69) is 47.5 Å². The minimum Gasteiger partial charge on any atom is -0.496 e. The Bertz CT molecular complexity index is 757. The number of halogens is 1. The van der Waals surface area contributed by atoms with Crippen molar-refractivity contribution in [2.75, 3.05) is 21.2 Å². The third-order valence-electron chi connectivity index (χ3n) is 3.72. The maximum absolute atomic E-state index is 12.2. The number of ether oxygens (including phenoxy) is 1. The van der Waals surface area contributed by atoms with E-state index in [1.165, 1.54) is 16.5 Å². The second-order valence-corrected chi connectivity index (χ2v) is 7.01. The standard InChI is InChI=1S/C20H23BrN2O2/c1-23(2)14-17-7-5-4-6-16(17)13-22-20(24)11-8-15-12-18(21)9-10-19(15)25-3/h4-12H,13-14H2,1-3H3,(H,22,24)/p+1/b11-8+. The van der Waals surface area contributed by atoms with E-state index in [1.54, 1.807) is 13.2 Å². The lowest BCUT2D eigenvalue weighted by Gasteiger charge is -2.12. The number of rotatable bonds is 7. The Morgan fingerprint density at radius 1 is 1.20 bits per heavy atom. The zero-order valence-corrected chi connectivity index (χ0v) is 16.4. The Morgan fingerprint density at radius 2 is 1.92 bits per heavy atom. The molecule has 0 aliphatic rings. The van der Waals surface area contributed by atoms with Crippen LogP contribution in [0.5, 0.6) is 5.75 Å². The monoisotopic (exact) mass is 403 g/mol. The largest absolute Gasteiger partial charge is 0.496 e. The van der Waals surface area contributed by atoms with E-state index in [9.17, 15) is 4.79 Å². The van der Waals surface area contributed by atoms with Gasteiger partial charge in [-0.15, -0.1) is 0 Å². The van der Waals surface area contributed by atoms with Gasteiger partial charge in [0.1, 0.15) is 12.3 Å². The maximum Gasteiger partial charge on any atom is 0.244 e. The van der Waals surface area contributed by atoms with Crippen LogP contribution in [-0.4, -0.2) is 27.1 Å². The predicted octanol–water partition coefficient (Wildman–Crippen LogP) is 2.43. The van der Waals surface area contributed by atoms with Crippen LogP contribution in [-0.2, 0) is 17.9 Å². The number of benzene rings is 2. The van der Waals surface area contributed by atoms with E-state index in [0.717, 1.165) is 27.9 Å². The molecular formula is C20H24BrN2O2+. The van der Waals surface area contributed by atoms with Crippen LogP contribution >= 0.6 is 15.9 Å².